The lowest BCUT2D eigenvalue weighted by Crippen LogP contribution is -2.15. The second-order valence-electron chi connectivity index (χ2n) is 2.97. The third kappa shape index (κ3) is 1.50. The first-order valence-corrected chi connectivity index (χ1v) is 5.24. The first-order chi connectivity index (χ1) is 5.44. The van der Waals surface area contributed by atoms with E-state index in [0.29, 0.717) is 0 Å². The van der Waals surface area contributed by atoms with Gasteiger partial charge in [-0.15, -0.1) is 0 Å². The minimum Gasteiger partial charge on any atom is -0.333 e. The predicted molar refractivity (Wildman–Crippen MR) is 45.6 cm³/mol. The van der Waals surface area contributed by atoms with Crippen molar-refractivity contribution in [2.75, 3.05) is 0 Å². The molecule has 0 saturated heterocycles. The molecular weight excluding hydrogens is 176 g/mol. The molecule has 0 aliphatic carbocycles. The number of aromatic nitrogens is 2. The zero-order chi connectivity index (χ0) is 9.35. The van der Waals surface area contributed by atoms with Gasteiger partial charge in [-0.05, 0) is 20.8 Å². The van der Waals surface area contributed by atoms with E-state index in [1.54, 1.807) is 20.8 Å². The largest absolute Gasteiger partial charge is 0.333 e. The van der Waals surface area contributed by atoms with Crippen molar-refractivity contribution >= 4 is 9.84 Å². The molecule has 12 heavy (non-hydrogen) atoms. The van der Waals surface area contributed by atoms with Gasteiger partial charge in [0.2, 0.25) is 15.0 Å². The second kappa shape index (κ2) is 2.90. The molecular formula is C7H12N2O2S. The topological polar surface area (TPSA) is 62.8 Å². The van der Waals surface area contributed by atoms with Gasteiger partial charge < -0.3 is 4.98 Å². The number of hydrogen-bond acceptors (Lipinski definition) is 3. The second-order valence-corrected chi connectivity index (χ2v) is 5.38. The predicted octanol–water partition coefficient (Wildman–Crippen LogP) is 0.900. The van der Waals surface area contributed by atoms with Crippen LogP contribution in [0.3, 0.4) is 0 Å². The van der Waals surface area contributed by atoms with Crippen LogP contribution in [0.2, 0.25) is 0 Å². The summed E-state index contributed by atoms with van der Waals surface area (Å²) in [5, 5.41) is -0.363. The Bertz CT molecular complexity index is 365. The molecule has 5 heteroatoms. The summed E-state index contributed by atoms with van der Waals surface area (Å²) in [6, 6.07) is 0. The highest BCUT2D eigenvalue weighted by atomic mass is 32.2. The van der Waals surface area contributed by atoms with Crippen LogP contribution in [0.5, 0.6) is 0 Å². The number of nitrogens with zero attached hydrogens (tertiary/aromatic N) is 1. The molecule has 1 aromatic heterocycles. The summed E-state index contributed by atoms with van der Waals surface area (Å²) in [6.07, 6.45) is 1.51. The Kier molecular flexibility index (Phi) is 2.23. The van der Waals surface area contributed by atoms with E-state index in [4.69, 9.17) is 0 Å². The van der Waals surface area contributed by atoms with Crippen molar-refractivity contribution in [3.8, 4) is 0 Å². The number of aromatic amines is 1. The van der Waals surface area contributed by atoms with E-state index in [-0.39, 0.29) is 5.16 Å². The van der Waals surface area contributed by atoms with Gasteiger partial charge in [0.1, 0.15) is 0 Å². The maximum absolute atomic E-state index is 11.5. The lowest BCUT2D eigenvalue weighted by atomic mass is 10.6. The van der Waals surface area contributed by atoms with Crippen molar-refractivity contribution in [3.63, 3.8) is 0 Å². The minimum absolute atomic E-state index is 0.0648. The van der Waals surface area contributed by atoms with Crippen molar-refractivity contribution in [2.45, 2.75) is 31.2 Å². The van der Waals surface area contributed by atoms with E-state index in [1.807, 2.05) is 0 Å². The summed E-state index contributed by atoms with van der Waals surface area (Å²) in [4.78, 5) is 6.46. The molecule has 0 spiro atoms. The van der Waals surface area contributed by atoms with Crippen molar-refractivity contribution in [1.82, 2.24) is 9.97 Å². The normalized spacial score (nSPS) is 12.3. The maximum atomic E-state index is 11.5. The third-order valence-corrected chi connectivity index (χ3v) is 3.56. The van der Waals surface area contributed by atoms with Crippen LogP contribution in [0.4, 0.5) is 0 Å². The molecule has 0 unspecified atom stereocenters. The Balaban J connectivity index is 3.15. The Morgan fingerprint density at radius 3 is 2.42 bits per heavy atom. The van der Waals surface area contributed by atoms with Gasteiger partial charge in [-0.3, -0.25) is 0 Å². The number of imidazole rings is 1. The van der Waals surface area contributed by atoms with E-state index in [9.17, 15) is 8.42 Å². The van der Waals surface area contributed by atoms with Gasteiger partial charge in [-0.2, -0.15) is 0 Å². The number of aryl methyl sites for hydroxylation is 1. The van der Waals surface area contributed by atoms with Crippen molar-refractivity contribution in [2.24, 2.45) is 0 Å². The fraction of sp³-hybridized carbons (Fsp3) is 0.571. The van der Waals surface area contributed by atoms with Gasteiger partial charge in [0.25, 0.3) is 0 Å². The molecule has 68 valence electrons. The van der Waals surface area contributed by atoms with Gasteiger partial charge in [0.05, 0.1) is 5.25 Å². The average molecular weight is 188 g/mol. The first-order valence-electron chi connectivity index (χ1n) is 3.70. The molecule has 0 radical (unpaired) electrons. The highest BCUT2D eigenvalue weighted by Crippen LogP contribution is 2.10. The Hall–Kier alpha value is -0.840. The molecule has 0 aliphatic heterocycles. The fourth-order valence-corrected chi connectivity index (χ4v) is 1.71. The lowest BCUT2D eigenvalue weighted by Gasteiger charge is -2.02. The monoisotopic (exact) mass is 188 g/mol. The molecule has 0 aliphatic rings. The summed E-state index contributed by atoms with van der Waals surface area (Å²) >= 11 is 0. The van der Waals surface area contributed by atoms with Gasteiger partial charge in [-0.1, -0.05) is 0 Å². The van der Waals surface area contributed by atoms with E-state index in [1.165, 1.54) is 6.20 Å². The first kappa shape index (κ1) is 9.25. The van der Waals surface area contributed by atoms with Crippen LogP contribution >= 0.6 is 0 Å². The minimum atomic E-state index is -3.22. The summed E-state index contributed by atoms with van der Waals surface area (Å²) < 4.78 is 22.9. The van der Waals surface area contributed by atoms with E-state index in [2.05, 4.69) is 9.97 Å². The molecule has 1 N–H and O–H groups in total. The van der Waals surface area contributed by atoms with Crippen LogP contribution in [0.25, 0.3) is 0 Å². The lowest BCUT2D eigenvalue weighted by molar-refractivity contribution is 0.579. The van der Waals surface area contributed by atoms with Gasteiger partial charge in [0, 0.05) is 11.9 Å². The molecule has 0 atom stereocenters. The van der Waals surface area contributed by atoms with Crippen LogP contribution in [0, 0.1) is 6.92 Å². The summed E-state index contributed by atoms with van der Waals surface area (Å²) in [6.45, 7) is 5.03. The molecule has 1 rings (SSSR count). The summed E-state index contributed by atoms with van der Waals surface area (Å²) in [7, 11) is -3.22. The van der Waals surface area contributed by atoms with Crippen LogP contribution in [-0.2, 0) is 9.84 Å². The van der Waals surface area contributed by atoms with Crippen LogP contribution < -0.4 is 0 Å². The number of nitrogens with one attached hydrogen (secondary N) is 1. The highest BCUT2D eigenvalue weighted by molar-refractivity contribution is 7.91. The van der Waals surface area contributed by atoms with Crippen molar-refractivity contribution in [1.29, 1.82) is 0 Å². The summed E-state index contributed by atoms with van der Waals surface area (Å²) in [5.74, 6) is 0. The fourth-order valence-electron chi connectivity index (χ4n) is 0.757. The molecule has 1 heterocycles. The number of sulfone groups is 1. The van der Waals surface area contributed by atoms with E-state index in [0.717, 1.165) is 5.69 Å². The Morgan fingerprint density at radius 2 is 2.08 bits per heavy atom. The van der Waals surface area contributed by atoms with Crippen molar-refractivity contribution in [3.05, 3.63) is 11.9 Å². The molecule has 0 bridgehead atoms. The number of H-pyrrole nitrogens is 1. The Labute approximate surface area is 71.9 Å². The number of hydrogen-bond donors (Lipinski definition) is 1. The van der Waals surface area contributed by atoms with Crippen LogP contribution in [0.15, 0.2) is 11.4 Å². The van der Waals surface area contributed by atoms with Crippen LogP contribution in [0.1, 0.15) is 19.5 Å². The number of rotatable bonds is 2. The molecule has 1 aromatic rings. The SMILES string of the molecule is Cc1cnc(S(=O)(=O)C(C)C)[nH]1. The highest BCUT2D eigenvalue weighted by Gasteiger charge is 2.21. The van der Waals surface area contributed by atoms with Crippen molar-refractivity contribution < 1.29 is 8.42 Å². The smallest absolute Gasteiger partial charge is 0.225 e. The molecule has 4 nitrogen and oxygen atoms in total. The average Bonchev–Trinajstić information content (AvgIpc) is 2.35. The Morgan fingerprint density at radius 1 is 1.50 bits per heavy atom. The standard InChI is InChI=1S/C7H12N2O2S/c1-5(2)12(10,11)7-8-4-6(3)9-7/h4-5H,1-3H3,(H,8,9). The molecule has 0 saturated carbocycles. The van der Waals surface area contributed by atoms with Gasteiger partial charge in [0.15, 0.2) is 0 Å². The third-order valence-electron chi connectivity index (χ3n) is 1.57. The van der Waals surface area contributed by atoms with E-state index < -0.39 is 15.1 Å². The van der Waals surface area contributed by atoms with Gasteiger partial charge >= 0.3 is 0 Å². The molecule has 0 aromatic carbocycles. The quantitative estimate of drug-likeness (QED) is 0.750. The molecule has 0 fully saturated rings. The zero-order valence-electron chi connectivity index (χ0n) is 7.33. The molecule has 0 amide bonds. The van der Waals surface area contributed by atoms with Gasteiger partial charge in [-0.25, -0.2) is 13.4 Å². The maximum Gasteiger partial charge on any atom is 0.225 e. The summed E-state index contributed by atoms with van der Waals surface area (Å²) in [5.41, 5.74) is 0.759. The zero-order valence-corrected chi connectivity index (χ0v) is 8.14. The van der Waals surface area contributed by atoms with E-state index >= 15 is 0 Å². The van der Waals surface area contributed by atoms with Crippen LogP contribution in [-0.4, -0.2) is 23.6 Å².